The molecule has 1 N–H and O–H groups in total. The molecule has 1 aromatic rings. The number of hydrogen-bond donors (Lipinski definition) is 1. The summed E-state index contributed by atoms with van der Waals surface area (Å²) in [7, 11) is 0. The summed E-state index contributed by atoms with van der Waals surface area (Å²) in [6.07, 6.45) is -0.215. The normalized spacial score (nSPS) is 19.3. The molecule has 13 heavy (non-hydrogen) atoms. The molecule has 1 heterocycles. The molecule has 0 radical (unpaired) electrons. The minimum Gasteiger partial charge on any atom is -0.478 e. The molecule has 2 rings (SSSR count). The number of aliphatic carboxylic acids is 1. The Morgan fingerprint density at radius 2 is 2.38 bits per heavy atom. The first-order valence-corrected chi connectivity index (χ1v) is 4.16. The van der Waals surface area contributed by atoms with Gasteiger partial charge in [0.2, 0.25) is 0 Å². The summed E-state index contributed by atoms with van der Waals surface area (Å²) in [6, 6.07) is 5.65. The molecular formula is C10H10O3. The molecule has 0 saturated heterocycles. The molecule has 1 unspecified atom stereocenters. The lowest BCUT2D eigenvalue weighted by molar-refractivity contribution is -0.144. The van der Waals surface area contributed by atoms with E-state index in [1.807, 2.05) is 25.1 Å². The molecule has 1 aliphatic rings. The van der Waals surface area contributed by atoms with E-state index in [2.05, 4.69) is 0 Å². The molecule has 0 aliphatic carbocycles. The van der Waals surface area contributed by atoms with Crippen LogP contribution in [-0.2, 0) is 11.2 Å². The largest absolute Gasteiger partial charge is 0.478 e. The fourth-order valence-corrected chi connectivity index (χ4v) is 1.57. The Morgan fingerprint density at radius 3 is 3.00 bits per heavy atom. The lowest BCUT2D eigenvalue weighted by atomic mass is 10.0. The molecule has 0 fully saturated rings. The van der Waals surface area contributed by atoms with E-state index in [1.165, 1.54) is 0 Å². The van der Waals surface area contributed by atoms with Crippen molar-refractivity contribution in [3.8, 4) is 5.75 Å². The number of carboxylic acids is 1. The van der Waals surface area contributed by atoms with Crippen LogP contribution in [0, 0.1) is 6.92 Å². The Morgan fingerprint density at radius 1 is 1.62 bits per heavy atom. The monoisotopic (exact) mass is 178 g/mol. The standard InChI is InChI=1S/C10H10O3/c1-6-3-2-4-8-7(6)5-9(13-8)10(11)12/h2-4,9H,5H2,1H3,(H,11,12). The number of ether oxygens (including phenoxy) is 1. The zero-order chi connectivity index (χ0) is 9.42. The van der Waals surface area contributed by atoms with Crippen LogP contribution >= 0.6 is 0 Å². The van der Waals surface area contributed by atoms with Crippen molar-refractivity contribution in [2.75, 3.05) is 0 Å². The third-order valence-electron chi connectivity index (χ3n) is 2.30. The maximum atomic E-state index is 10.7. The highest BCUT2D eigenvalue weighted by Crippen LogP contribution is 2.30. The molecule has 0 spiro atoms. The summed E-state index contributed by atoms with van der Waals surface area (Å²) in [5.74, 6) is -0.178. The van der Waals surface area contributed by atoms with Crippen LogP contribution in [0.2, 0.25) is 0 Å². The van der Waals surface area contributed by atoms with Gasteiger partial charge in [0.15, 0.2) is 6.10 Å². The van der Waals surface area contributed by atoms with Crippen LogP contribution in [0.15, 0.2) is 18.2 Å². The molecule has 1 aliphatic heterocycles. The number of carbonyl (C=O) groups is 1. The van der Waals surface area contributed by atoms with E-state index in [9.17, 15) is 4.79 Å². The summed E-state index contributed by atoms with van der Waals surface area (Å²) < 4.78 is 5.25. The van der Waals surface area contributed by atoms with Crippen molar-refractivity contribution < 1.29 is 14.6 Å². The van der Waals surface area contributed by atoms with Crippen molar-refractivity contribution in [2.24, 2.45) is 0 Å². The topological polar surface area (TPSA) is 46.5 Å². The predicted octanol–water partition coefficient (Wildman–Crippen LogP) is 1.38. The molecule has 68 valence electrons. The average Bonchev–Trinajstić information content (AvgIpc) is 2.49. The average molecular weight is 178 g/mol. The van der Waals surface area contributed by atoms with Crippen molar-refractivity contribution in [1.29, 1.82) is 0 Å². The molecule has 0 bridgehead atoms. The van der Waals surface area contributed by atoms with Gasteiger partial charge in [-0.05, 0) is 18.6 Å². The van der Waals surface area contributed by atoms with Gasteiger partial charge in [-0.1, -0.05) is 12.1 Å². The van der Waals surface area contributed by atoms with Crippen LogP contribution < -0.4 is 4.74 Å². The van der Waals surface area contributed by atoms with Crippen molar-refractivity contribution in [1.82, 2.24) is 0 Å². The quantitative estimate of drug-likeness (QED) is 0.706. The molecule has 1 atom stereocenters. The van der Waals surface area contributed by atoms with Gasteiger partial charge >= 0.3 is 5.97 Å². The Kier molecular flexibility index (Phi) is 1.72. The van der Waals surface area contributed by atoms with Crippen molar-refractivity contribution in [3.63, 3.8) is 0 Å². The fourth-order valence-electron chi connectivity index (χ4n) is 1.57. The molecule has 3 heteroatoms. The maximum absolute atomic E-state index is 10.7. The molecule has 3 nitrogen and oxygen atoms in total. The van der Waals surface area contributed by atoms with Crippen LogP contribution in [0.4, 0.5) is 0 Å². The van der Waals surface area contributed by atoms with Crippen LogP contribution in [0.25, 0.3) is 0 Å². The predicted molar refractivity (Wildman–Crippen MR) is 46.9 cm³/mol. The summed E-state index contributed by atoms with van der Waals surface area (Å²) >= 11 is 0. The van der Waals surface area contributed by atoms with E-state index in [1.54, 1.807) is 0 Å². The van der Waals surface area contributed by atoms with Crippen LogP contribution in [0.3, 0.4) is 0 Å². The molecule has 0 amide bonds. The first-order valence-electron chi connectivity index (χ1n) is 4.16. The first-order chi connectivity index (χ1) is 6.18. The first kappa shape index (κ1) is 8.10. The van der Waals surface area contributed by atoms with E-state index in [4.69, 9.17) is 9.84 Å². The van der Waals surface area contributed by atoms with E-state index < -0.39 is 12.1 Å². The third kappa shape index (κ3) is 1.26. The SMILES string of the molecule is Cc1cccc2c1CC(C(=O)O)O2. The van der Waals surface area contributed by atoms with Gasteiger partial charge < -0.3 is 9.84 Å². The summed E-state index contributed by atoms with van der Waals surface area (Å²) in [4.78, 5) is 10.7. The van der Waals surface area contributed by atoms with Crippen molar-refractivity contribution in [2.45, 2.75) is 19.4 Å². The Labute approximate surface area is 76.0 Å². The van der Waals surface area contributed by atoms with Gasteiger partial charge in [-0.3, -0.25) is 0 Å². The Hall–Kier alpha value is -1.51. The number of aryl methyl sites for hydroxylation is 1. The number of carboxylic acid groups (broad SMARTS) is 1. The van der Waals surface area contributed by atoms with Gasteiger partial charge in [-0.25, -0.2) is 4.79 Å². The Balaban J connectivity index is 2.35. The molecule has 1 aromatic carbocycles. The molecular weight excluding hydrogens is 168 g/mol. The number of hydrogen-bond acceptors (Lipinski definition) is 2. The lowest BCUT2D eigenvalue weighted by Gasteiger charge is -2.02. The van der Waals surface area contributed by atoms with Gasteiger partial charge in [0.1, 0.15) is 5.75 Å². The zero-order valence-corrected chi connectivity index (χ0v) is 7.28. The van der Waals surface area contributed by atoms with Gasteiger partial charge in [0.05, 0.1) is 0 Å². The summed E-state index contributed by atoms with van der Waals surface area (Å²) in [5, 5.41) is 8.75. The van der Waals surface area contributed by atoms with Crippen molar-refractivity contribution >= 4 is 5.97 Å². The van der Waals surface area contributed by atoms with E-state index in [-0.39, 0.29) is 0 Å². The lowest BCUT2D eigenvalue weighted by Crippen LogP contribution is -2.24. The van der Waals surface area contributed by atoms with E-state index >= 15 is 0 Å². The highest BCUT2D eigenvalue weighted by atomic mass is 16.5. The third-order valence-corrected chi connectivity index (χ3v) is 2.30. The van der Waals surface area contributed by atoms with E-state index in [0.29, 0.717) is 12.2 Å². The van der Waals surface area contributed by atoms with Crippen LogP contribution in [-0.4, -0.2) is 17.2 Å². The van der Waals surface area contributed by atoms with Crippen LogP contribution in [0.5, 0.6) is 5.75 Å². The van der Waals surface area contributed by atoms with Gasteiger partial charge in [0, 0.05) is 12.0 Å². The Bertz CT molecular complexity index is 357. The second kappa shape index (κ2) is 2.76. The maximum Gasteiger partial charge on any atom is 0.345 e. The van der Waals surface area contributed by atoms with Crippen LogP contribution in [0.1, 0.15) is 11.1 Å². The zero-order valence-electron chi connectivity index (χ0n) is 7.28. The smallest absolute Gasteiger partial charge is 0.345 e. The van der Waals surface area contributed by atoms with E-state index in [0.717, 1.165) is 11.1 Å². The van der Waals surface area contributed by atoms with Crippen molar-refractivity contribution in [3.05, 3.63) is 29.3 Å². The minimum atomic E-state index is -0.893. The van der Waals surface area contributed by atoms with Gasteiger partial charge in [-0.2, -0.15) is 0 Å². The molecule has 0 aromatic heterocycles. The fraction of sp³-hybridized carbons (Fsp3) is 0.300. The molecule has 0 saturated carbocycles. The highest BCUT2D eigenvalue weighted by Gasteiger charge is 2.29. The second-order valence-corrected chi connectivity index (χ2v) is 3.20. The highest BCUT2D eigenvalue weighted by molar-refractivity contribution is 5.75. The number of fused-ring (bicyclic) bond motifs is 1. The number of rotatable bonds is 1. The summed E-state index contributed by atoms with van der Waals surface area (Å²) in [6.45, 7) is 1.96. The minimum absolute atomic E-state index is 0.483. The summed E-state index contributed by atoms with van der Waals surface area (Å²) in [5.41, 5.74) is 2.12. The second-order valence-electron chi connectivity index (χ2n) is 3.20. The van der Waals surface area contributed by atoms with Gasteiger partial charge in [-0.15, -0.1) is 0 Å². The van der Waals surface area contributed by atoms with Gasteiger partial charge in [0.25, 0.3) is 0 Å². The number of benzene rings is 1.